The van der Waals surface area contributed by atoms with Gasteiger partial charge in [0, 0.05) is 18.8 Å². The maximum atomic E-state index is 12.3. The van der Waals surface area contributed by atoms with E-state index in [-0.39, 0.29) is 23.3 Å². The largest absolute Gasteiger partial charge is 0.450 e. The van der Waals surface area contributed by atoms with Gasteiger partial charge in [0.25, 0.3) is 0 Å². The predicted octanol–water partition coefficient (Wildman–Crippen LogP) is 3.27. The van der Waals surface area contributed by atoms with Crippen LogP contribution < -0.4 is 4.74 Å². The number of carbonyl (C=O) groups excluding carboxylic acids is 1. The van der Waals surface area contributed by atoms with Crippen molar-refractivity contribution in [2.75, 3.05) is 6.54 Å². The minimum absolute atomic E-state index is 0.0592. The average molecular weight is 339 g/mol. The Labute approximate surface area is 146 Å². The lowest BCUT2D eigenvalue weighted by atomic mass is 9.92. The zero-order valence-corrected chi connectivity index (χ0v) is 13.9. The molecule has 122 valence electrons. The fourth-order valence-electron chi connectivity index (χ4n) is 3.52. The zero-order chi connectivity index (χ0) is 16.5. The number of nitrogens with zero attached hydrogens (tertiary/aromatic N) is 1. The molecular weight excluding hydrogens is 322 g/mol. The molecule has 0 unspecified atom stereocenters. The van der Waals surface area contributed by atoms with Crippen LogP contribution in [0.3, 0.4) is 0 Å². The normalized spacial score (nSPS) is 21.8. The maximum absolute atomic E-state index is 12.3. The standard InChI is InChI=1S/C19H17NO3S/c21-17-12-16(23-19(24)22-14-7-2-1-3-8-14)18-15-9-5-4-6-13(15)10-11-20(17)18/h1-9,16,18H,10-12H2/t16-,18+/m0/s1. The molecule has 2 heterocycles. The van der Waals surface area contributed by atoms with E-state index in [1.54, 1.807) is 0 Å². The highest BCUT2D eigenvalue weighted by Gasteiger charge is 2.45. The molecule has 0 saturated carbocycles. The Morgan fingerprint density at radius 3 is 2.67 bits per heavy atom. The Bertz CT molecular complexity index is 777. The molecular formula is C19H17NO3S. The molecule has 5 heteroatoms. The lowest BCUT2D eigenvalue weighted by molar-refractivity contribution is -0.129. The number of fused-ring (bicyclic) bond motifs is 3. The van der Waals surface area contributed by atoms with E-state index in [1.165, 1.54) is 5.56 Å². The summed E-state index contributed by atoms with van der Waals surface area (Å²) in [4.78, 5) is 14.2. The highest BCUT2D eigenvalue weighted by molar-refractivity contribution is 7.79. The van der Waals surface area contributed by atoms with E-state index < -0.39 is 0 Å². The van der Waals surface area contributed by atoms with E-state index in [1.807, 2.05) is 47.4 Å². The smallest absolute Gasteiger partial charge is 0.358 e. The fourth-order valence-corrected chi connectivity index (χ4v) is 3.74. The Kier molecular flexibility index (Phi) is 3.94. The Balaban J connectivity index is 1.53. The topological polar surface area (TPSA) is 38.8 Å². The second kappa shape index (κ2) is 6.24. The van der Waals surface area contributed by atoms with Crippen molar-refractivity contribution in [3.05, 3.63) is 65.7 Å². The maximum Gasteiger partial charge on any atom is 0.358 e. The molecule has 0 aromatic heterocycles. The van der Waals surface area contributed by atoms with E-state index in [2.05, 4.69) is 12.1 Å². The molecule has 4 nitrogen and oxygen atoms in total. The van der Waals surface area contributed by atoms with Crippen LogP contribution in [0.4, 0.5) is 0 Å². The summed E-state index contributed by atoms with van der Waals surface area (Å²) in [6, 6.07) is 17.4. The number of para-hydroxylation sites is 1. The van der Waals surface area contributed by atoms with E-state index in [0.29, 0.717) is 12.2 Å². The first-order valence-corrected chi connectivity index (χ1v) is 8.44. The number of amides is 1. The van der Waals surface area contributed by atoms with Crippen LogP contribution in [0.5, 0.6) is 5.75 Å². The molecule has 1 amide bonds. The molecule has 24 heavy (non-hydrogen) atoms. The van der Waals surface area contributed by atoms with Gasteiger partial charge in [-0.05, 0) is 29.7 Å². The van der Waals surface area contributed by atoms with Crippen LogP contribution in [0.2, 0.25) is 0 Å². The fraction of sp³-hybridized carbons (Fsp3) is 0.263. The summed E-state index contributed by atoms with van der Waals surface area (Å²) in [6.07, 6.45) is 0.906. The molecule has 0 N–H and O–H groups in total. The number of hydrogen-bond acceptors (Lipinski definition) is 4. The van der Waals surface area contributed by atoms with Gasteiger partial charge >= 0.3 is 5.24 Å². The van der Waals surface area contributed by atoms with Crippen LogP contribution in [-0.4, -0.2) is 28.7 Å². The number of carbonyl (C=O) groups is 1. The molecule has 2 aromatic rings. The average Bonchev–Trinajstić information content (AvgIpc) is 2.92. The Morgan fingerprint density at radius 1 is 1.08 bits per heavy atom. The van der Waals surface area contributed by atoms with Gasteiger partial charge in [0.1, 0.15) is 11.9 Å². The van der Waals surface area contributed by atoms with E-state index in [0.717, 1.165) is 18.5 Å². The lowest BCUT2D eigenvalue weighted by Gasteiger charge is -2.34. The number of benzene rings is 2. The second-order valence-corrected chi connectivity index (χ2v) is 6.34. The highest BCUT2D eigenvalue weighted by atomic mass is 32.1. The van der Waals surface area contributed by atoms with E-state index in [9.17, 15) is 4.79 Å². The summed E-state index contributed by atoms with van der Waals surface area (Å²) in [5, 5.41) is 0.0592. The van der Waals surface area contributed by atoms with Crippen LogP contribution in [-0.2, 0) is 16.0 Å². The van der Waals surface area contributed by atoms with Crippen molar-refractivity contribution in [2.24, 2.45) is 0 Å². The molecule has 1 saturated heterocycles. The van der Waals surface area contributed by atoms with Crippen molar-refractivity contribution in [3.63, 3.8) is 0 Å². The SMILES string of the molecule is O=C1C[C@H](OC(=S)Oc2ccccc2)[C@H]2c3ccccc3CCN12. The lowest BCUT2D eigenvalue weighted by Crippen LogP contribution is -2.37. The zero-order valence-electron chi connectivity index (χ0n) is 13.1. The number of thiocarbonyl (C=S) groups is 1. The number of hydrogen-bond donors (Lipinski definition) is 0. The van der Waals surface area contributed by atoms with Gasteiger partial charge < -0.3 is 14.4 Å². The van der Waals surface area contributed by atoms with Crippen LogP contribution in [0, 0.1) is 0 Å². The molecule has 4 rings (SSSR count). The Hall–Kier alpha value is -2.40. The molecule has 2 aliphatic heterocycles. The number of ether oxygens (including phenoxy) is 2. The molecule has 0 radical (unpaired) electrons. The van der Waals surface area contributed by atoms with Crippen LogP contribution in [0.1, 0.15) is 23.6 Å². The second-order valence-electron chi connectivity index (χ2n) is 6.01. The van der Waals surface area contributed by atoms with Gasteiger partial charge in [0.2, 0.25) is 5.91 Å². The first kappa shape index (κ1) is 15.1. The highest BCUT2D eigenvalue weighted by Crippen LogP contribution is 2.40. The van der Waals surface area contributed by atoms with Crippen LogP contribution in [0.15, 0.2) is 54.6 Å². The molecule has 2 atom stereocenters. The van der Waals surface area contributed by atoms with E-state index in [4.69, 9.17) is 21.7 Å². The minimum atomic E-state index is -0.310. The van der Waals surface area contributed by atoms with Crippen LogP contribution in [0.25, 0.3) is 0 Å². The first-order valence-electron chi connectivity index (χ1n) is 8.03. The van der Waals surface area contributed by atoms with Crippen molar-refractivity contribution in [3.8, 4) is 5.75 Å². The monoisotopic (exact) mass is 339 g/mol. The minimum Gasteiger partial charge on any atom is -0.450 e. The summed E-state index contributed by atoms with van der Waals surface area (Å²) < 4.78 is 11.4. The quantitative estimate of drug-likeness (QED) is 0.787. The predicted molar refractivity (Wildman–Crippen MR) is 93.8 cm³/mol. The molecule has 0 aliphatic carbocycles. The van der Waals surface area contributed by atoms with Crippen molar-refractivity contribution >= 4 is 23.4 Å². The summed E-state index contributed by atoms with van der Waals surface area (Å²) in [7, 11) is 0. The number of rotatable bonds is 2. The molecule has 2 aromatic carbocycles. The Morgan fingerprint density at radius 2 is 1.83 bits per heavy atom. The van der Waals surface area contributed by atoms with Gasteiger partial charge in [0.15, 0.2) is 0 Å². The van der Waals surface area contributed by atoms with Gasteiger partial charge in [-0.15, -0.1) is 0 Å². The van der Waals surface area contributed by atoms with Gasteiger partial charge in [-0.2, -0.15) is 0 Å². The molecule has 0 spiro atoms. The first-order chi connectivity index (χ1) is 11.7. The van der Waals surface area contributed by atoms with E-state index >= 15 is 0 Å². The summed E-state index contributed by atoms with van der Waals surface area (Å²) >= 11 is 5.23. The van der Waals surface area contributed by atoms with Crippen molar-refractivity contribution in [2.45, 2.75) is 25.0 Å². The summed E-state index contributed by atoms with van der Waals surface area (Å²) in [5.74, 6) is 0.745. The van der Waals surface area contributed by atoms with Gasteiger partial charge in [-0.25, -0.2) is 0 Å². The third-order valence-corrected chi connectivity index (χ3v) is 4.75. The third kappa shape index (κ3) is 2.76. The van der Waals surface area contributed by atoms with Gasteiger partial charge in [0.05, 0.1) is 12.5 Å². The van der Waals surface area contributed by atoms with Crippen molar-refractivity contribution in [1.82, 2.24) is 4.90 Å². The summed E-state index contributed by atoms with van der Waals surface area (Å²) in [5.41, 5.74) is 2.43. The summed E-state index contributed by atoms with van der Waals surface area (Å²) in [6.45, 7) is 0.729. The van der Waals surface area contributed by atoms with Gasteiger partial charge in [-0.1, -0.05) is 42.5 Å². The van der Waals surface area contributed by atoms with Gasteiger partial charge in [-0.3, -0.25) is 4.79 Å². The van der Waals surface area contributed by atoms with Crippen molar-refractivity contribution < 1.29 is 14.3 Å². The van der Waals surface area contributed by atoms with Crippen molar-refractivity contribution in [1.29, 1.82) is 0 Å². The van der Waals surface area contributed by atoms with Crippen LogP contribution >= 0.6 is 12.2 Å². The molecule has 0 bridgehead atoms. The molecule has 2 aliphatic rings. The molecule has 1 fully saturated rings. The third-order valence-electron chi connectivity index (χ3n) is 4.57.